The number of aryl methyl sites for hydroxylation is 1. The van der Waals surface area contributed by atoms with E-state index in [1.165, 1.54) is 38.1 Å². The Morgan fingerprint density at radius 2 is 0.807 bits per heavy atom. The lowest BCUT2D eigenvalue weighted by Crippen LogP contribution is -2.02. The number of hydrogen-bond acceptors (Lipinski definition) is 3. The molecule has 0 bridgehead atoms. The molecule has 5 heteroatoms. The lowest BCUT2D eigenvalue weighted by atomic mass is 9.99. The van der Waals surface area contributed by atoms with Gasteiger partial charge in [-0.25, -0.2) is 15.0 Å². The Bertz CT molecular complexity index is 3210. The molecule has 0 radical (unpaired) electrons. The third-order valence-corrected chi connectivity index (χ3v) is 11.0. The Labute approximate surface area is 329 Å². The molecule has 0 aliphatic heterocycles. The van der Waals surface area contributed by atoms with Crippen molar-refractivity contribution in [3.63, 3.8) is 0 Å². The number of benzene rings is 8. The van der Waals surface area contributed by atoms with E-state index in [-0.39, 0.29) is 0 Å². The lowest BCUT2D eigenvalue weighted by molar-refractivity contribution is 1.07. The van der Waals surface area contributed by atoms with Crippen LogP contribution in [0.3, 0.4) is 0 Å². The average molecular weight is 730 g/mol. The molecule has 11 aromatic rings. The molecular formula is C52H35N5. The summed E-state index contributed by atoms with van der Waals surface area (Å²) in [6, 6.07) is 68.6. The van der Waals surface area contributed by atoms with Crippen molar-refractivity contribution in [1.82, 2.24) is 24.1 Å². The van der Waals surface area contributed by atoms with Crippen LogP contribution in [-0.2, 0) is 0 Å². The Morgan fingerprint density at radius 1 is 0.351 bits per heavy atom. The predicted molar refractivity (Wildman–Crippen MR) is 235 cm³/mol. The third kappa shape index (κ3) is 5.43. The Balaban J connectivity index is 1.23. The Kier molecular flexibility index (Phi) is 7.64. The van der Waals surface area contributed by atoms with Gasteiger partial charge in [0.05, 0.1) is 27.8 Å². The minimum Gasteiger partial charge on any atom is -0.307 e. The summed E-state index contributed by atoms with van der Waals surface area (Å²) in [4.78, 5) is 15.2. The maximum Gasteiger partial charge on any atom is 0.164 e. The minimum absolute atomic E-state index is 0.622. The van der Waals surface area contributed by atoms with Crippen LogP contribution in [0, 0.1) is 6.92 Å². The summed E-state index contributed by atoms with van der Waals surface area (Å²) in [5.74, 6) is 1.90. The van der Waals surface area contributed by atoms with Gasteiger partial charge in [0.25, 0.3) is 0 Å². The van der Waals surface area contributed by atoms with Crippen molar-refractivity contribution in [3.05, 3.63) is 200 Å². The molecule has 0 aliphatic carbocycles. The highest BCUT2D eigenvalue weighted by molar-refractivity contribution is 6.24. The molecule has 3 aromatic heterocycles. The highest BCUT2D eigenvalue weighted by Crippen LogP contribution is 2.44. The fraction of sp³-hybridized carbons (Fsp3) is 0.0192. The monoisotopic (exact) mass is 729 g/mol. The van der Waals surface area contributed by atoms with Crippen LogP contribution < -0.4 is 0 Å². The number of nitrogens with zero attached hydrogens (tertiary/aromatic N) is 5. The van der Waals surface area contributed by atoms with Crippen LogP contribution in [0.25, 0.3) is 100 Å². The van der Waals surface area contributed by atoms with Crippen LogP contribution in [0.15, 0.2) is 194 Å². The van der Waals surface area contributed by atoms with Crippen LogP contribution in [-0.4, -0.2) is 24.1 Å². The van der Waals surface area contributed by atoms with E-state index in [4.69, 9.17) is 15.0 Å². The maximum atomic E-state index is 5.12. The van der Waals surface area contributed by atoms with E-state index in [9.17, 15) is 0 Å². The van der Waals surface area contributed by atoms with Gasteiger partial charge in [0.1, 0.15) is 0 Å². The molecule has 5 nitrogen and oxygen atoms in total. The maximum absolute atomic E-state index is 5.12. The minimum atomic E-state index is 0.622. The number of rotatable bonds is 6. The van der Waals surface area contributed by atoms with Crippen molar-refractivity contribution in [2.75, 3.05) is 0 Å². The standard InChI is InChI=1S/C52H35N5/c1-34-25-27-35(28-26-34)44-33-38(52-54-50(36-15-5-2-6-16-36)53-51(55-52)37-17-7-3-8-18-37)29-32-47(44)57-46-24-14-12-22-41(46)43-31-30-42-40-21-11-13-23-45(40)56(48(42)49(43)57)39-19-9-4-10-20-39/h2-33H,1H3. The first kappa shape index (κ1) is 32.8. The van der Waals surface area contributed by atoms with Crippen molar-refractivity contribution >= 4 is 43.6 Å². The first-order valence-corrected chi connectivity index (χ1v) is 19.3. The van der Waals surface area contributed by atoms with Gasteiger partial charge in [0, 0.05) is 49.5 Å². The normalized spacial score (nSPS) is 11.6. The van der Waals surface area contributed by atoms with E-state index in [0.29, 0.717) is 17.5 Å². The third-order valence-electron chi connectivity index (χ3n) is 11.0. The van der Waals surface area contributed by atoms with Crippen molar-refractivity contribution in [3.8, 4) is 56.7 Å². The molecule has 8 aromatic carbocycles. The van der Waals surface area contributed by atoms with Gasteiger partial charge in [-0.3, -0.25) is 0 Å². The lowest BCUT2D eigenvalue weighted by Gasteiger charge is -2.17. The second-order valence-electron chi connectivity index (χ2n) is 14.5. The molecule has 0 saturated carbocycles. The van der Waals surface area contributed by atoms with Crippen molar-refractivity contribution < 1.29 is 0 Å². The molecule has 3 heterocycles. The van der Waals surface area contributed by atoms with Gasteiger partial charge in [-0.15, -0.1) is 0 Å². The summed E-state index contributed by atoms with van der Waals surface area (Å²) in [6.45, 7) is 2.13. The average Bonchev–Trinajstić information content (AvgIpc) is 3.80. The molecule has 0 saturated heterocycles. The van der Waals surface area contributed by atoms with E-state index in [1.54, 1.807) is 0 Å². The van der Waals surface area contributed by atoms with E-state index < -0.39 is 0 Å². The SMILES string of the molecule is Cc1ccc(-c2cc(-c3nc(-c4ccccc4)nc(-c4ccccc4)n3)ccc2-n2c3ccccc3c3ccc4c5ccccc5n(-c5ccccc5)c4c32)cc1. The Hall–Kier alpha value is -7.63. The first-order valence-electron chi connectivity index (χ1n) is 19.3. The van der Waals surface area contributed by atoms with Gasteiger partial charge in [-0.2, -0.15) is 0 Å². The van der Waals surface area contributed by atoms with Crippen LogP contribution in [0.4, 0.5) is 0 Å². The highest BCUT2D eigenvalue weighted by Gasteiger charge is 2.23. The highest BCUT2D eigenvalue weighted by atomic mass is 15.1. The molecule has 0 fully saturated rings. The molecular weight excluding hydrogens is 695 g/mol. The van der Waals surface area contributed by atoms with Crippen molar-refractivity contribution in [2.24, 2.45) is 0 Å². The molecule has 0 atom stereocenters. The first-order chi connectivity index (χ1) is 28.2. The van der Waals surface area contributed by atoms with Crippen molar-refractivity contribution in [1.29, 1.82) is 0 Å². The number of aromatic nitrogens is 5. The molecule has 57 heavy (non-hydrogen) atoms. The Morgan fingerprint density at radius 3 is 1.39 bits per heavy atom. The van der Waals surface area contributed by atoms with Crippen LogP contribution in [0.5, 0.6) is 0 Å². The molecule has 268 valence electrons. The summed E-state index contributed by atoms with van der Waals surface area (Å²) >= 11 is 0. The second kappa shape index (κ2) is 13.3. The van der Waals surface area contributed by atoms with Gasteiger partial charge in [0.15, 0.2) is 17.5 Å². The van der Waals surface area contributed by atoms with Crippen molar-refractivity contribution in [2.45, 2.75) is 6.92 Å². The smallest absolute Gasteiger partial charge is 0.164 e. The fourth-order valence-corrected chi connectivity index (χ4v) is 8.37. The van der Waals surface area contributed by atoms with Gasteiger partial charge < -0.3 is 9.13 Å². The largest absolute Gasteiger partial charge is 0.307 e. The van der Waals surface area contributed by atoms with E-state index >= 15 is 0 Å². The number of para-hydroxylation sites is 3. The summed E-state index contributed by atoms with van der Waals surface area (Å²) in [5.41, 5.74) is 13.0. The predicted octanol–water partition coefficient (Wildman–Crippen LogP) is 13.0. The van der Waals surface area contributed by atoms with Crippen LogP contribution >= 0.6 is 0 Å². The molecule has 0 spiro atoms. The quantitative estimate of drug-likeness (QED) is 0.171. The van der Waals surface area contributed by atoms with Gasteiger partial charge >= 0.3 is 0 Å². The van der Waals surface area contributed by atoms with E-state index in [1.807, 2.05) is 60.7 Å². The zero-order chi connectivity index (χ0) is 37.9. The van der Waals surface area contributed by atoms with Crippen LogP contribution in [0.2, 0.25) is 0 Å². The second-order valence-corrected chi connectivity index (χ2v) is 14.5. The molecule has 0 aliphatic rings. The zero-order valence-electron chi connectivity index (χ0n) is 31.2. The van der Waals surface area contributed by atoms with E-state index in [0.717, 1.165) is 50.2 Å². The molecule has 0 N–H and O–H groups in total. The topological polar surface area (TPSA) is 48.5 Å². The summed E-state index contributed by atoms with van der Waals surface area (Å²) in [7, 11) is 0. The fourth-order valence-electron chi connectivity index (χ4n) is 8.37. The molecule has 11 rings (SSSR count). The molecule has 0 amide bonds. The number of hydrogen-bond donors (Lipinski definition) is 0. The summed E-state index contributed by atoms with van der Waals surface area (Å²) in [5, 5.41) is 4.85. The molecule has 0 unspecified atom stereocenters. The summed E-state index contributed by atoms with van der Waals surface area (Å²) < 4.78 is 4.91. The van der Waals surface area contributed by atoms with Gasteiger partial charge in [-0.05, 0) is 55.0 Å². The number of fused-ring (bicyclic) bond motifs is 7. The van der Waals surface area contributed by atoms with E-state index in [2.05, 4.69) is 150 Å². The summed E-state index contributed by atoms with van der Waals surface area (Å²) in [6.07, 6.45) is 0. The van der Waals surface area contributed by atoms with Gasteiger partial charge in [-0.1, -0.05) is 157 Å². The van der Waals surface area contributed by atoms with Crippen LogP contribution in [0.1, 0.15) is 5.56 Å². The van der Waals surface area contributed by atoms with Gasteiger partial charge in [0.2, 0.25) is 0 Å². The zero-order valence-corrected chi connectivity index (χ0v) is 31.2.